The van der Waals surface area contributed by atoms with Crippen molar-refractivity contribution in [3.05, 3.63) is 29.8 Å². The maximum atomic E-state index is 12.1. The molecule has 0 bridgehead atoms. The second kappa shape index (κ2) is 9.46. The highest BCUT2D eigenvalue weighted by Crippen LogP contribution is 2.23. The number of carbonyl (C=O) groups is 5. The molecule has 5 amide bonds. The summed E-state index contributed by atoms with van der Waals surface area (Å²) in [5.41, 5.74) is 0.358. The molecule has 0 aliphatic carbocycles. The maximum Gasteiger partial charge on any atom is 0.338 e. The smallest absolute Gasteiger partial charge is 0.338 e. The highest BCUT2D eigenvalue weighted by atomic mass is 16.5. The lowest BCUT2D eigenvalue weighted by molar-refractivity contribution is -0.123. The number of hydrogen-bond donors (Lipinski definition) is 2. The molecule has 0 radical (unpaired) electrons. The standard InChI is InChI=1S/C18H21N3O6/c1-2-3-9-19-18(26)20-14(22)11-27-17(25)12-5-4-6-13(10-12)21-15(23)7-8-16(21)24/h4-6,10H,2-3,7-9,11H2,1H3,(H2,19,20,22,26). The summed E-state index contributed by atoms with van der Waals surface area (Å²) < 4.78 is 4.87. The van der Waals surface area contributed by atoms with Crippen LogP contribution in [-0.4, -0.2) is 42.9 Å². The Labute approximate surface area is 156 Å². The average Bonchev–Trinajstić information content (AvgIpc) is 2.98. The van der Waals surface area contributed by atoms with Crippen LogP contribution in [0, 0.1) is 0 Å². The number of imide groups is 2. The van der Waals surface area contributed by atoms with Crippen LogP contribution in [0.5, 0.6) is 0 Å². The Kier molecular flexibility index (Phi) is 7.04. The number of rotatable bonds is 7. The minimum atomic E-state index is -0.808. The number of unbranched alkanes of at least 4 members (excludes halogenated alkanes) is 1. The Morgan fingerprint density at radius 3 is 2.52 bits per heavy atom. The third-order valence-corrected chi connectivity index (χ3v) is 3.79. The van der Waals surface area contributed by atoms with Gasteiger partial charge in [-0.25, -0.2) is 9.59 Å². The van der Waals surface area contributed by atoms with E-state index in [2.05, 4.69) is 5.32 Å². The van der Waals surface area contributed by atoms with E-state index < -0.39 is 24.5 Å². The Morgan fingerprint density at radius 1 is 1.15 bits per heavy atom. The van der Waals surface area contributed by atoms with Gasteiger partial charge < -0.3 is 10.1 Å². The Balaban J connectivity index is 1.88. The number of esters is 1. The summed E-state index contributed by atoms with van der Waals surface area (Å²) >= 11 is 0. The summed E-state index contributed by atoms with van der Waals surface area (Å²) in [4.78, 5) is 59.7. The summed E-state index contributed by atoms with van der Waals surface area (Å²) in [7, 11) is 0. The van der Waals surface area contributed by atoms with Gasteiger partial charge in [0.25, 0.3) is 5.91 Å². The van der Waals surface area contributed by atoms with E-state index in [9.17, 15) is 24.0 Å². The molecule has 1 saturated heterocycles. The molecule has 2 N–H and O–H groups in total. The van der Waals surface area contributed by atoms with E-state index in [1.807, 2.05) is 12.2 Å². The monoisotopic (exact) mass is 375 g/mol. The van der Waals surface area contributed by atoms with E-state index in [0.717, 1.165) is 17.7 Å². The van der Waals surface area contributed by atoms with Crippen molar-refractivity contribution in [2.75, 3.05) is 18.1 Å². The summed E-state index contributed by atoms with van der Waals surface area (Å²) in [5, 5.41) is 4.55. The van der Waals surface area contributed by atoms with Crippen LogP contribution in [0.2, 0.25) is 0 Å². The highest BCUT2D eigenvalue weighted by Gasteiger charge is 2.30. The number of nitrogens with zero attached hydrogens (tertiary/aromatic N) is 1. The highest BCUT2D eigenvalue weighted by molar-refractivity contribution is 6.20. The van der Waals surface area contributed by atoms with Crippen molar-refractivity contribution in [3.8, 4) is 0 Å². The third-order valence-electron chi connectivity index (χ3n) is 3.79. The fourth-order valence-electron chi connectivity index (χ4n) is 2.44. The van der Waals surface area contributed by atoms with Crippen molar-refractivity contribution < 1.29 is 28.7 Å². The van der Waals surface area contributed by atoms with Gasteiger partial charge >= 0.3 is 12.0 Å². The van der Waals surface area contributed by atoms with Gasteiger partial charge in [0, 0.05) is 19.4 Å². The van der Waals surface area contributed by atoms with Gasteiger partial charge in [-0.2, -0.15) is 0 Å². The molecular formula is C18H21N3O6. The molecule has 27 heavy (non-hydrogen) atoms. The first kappa shape index (κ1) is 20.1. The predicted molar refractivity (Wildman–Crippen MR) is 94.9 cm³/mol. The van der Waals surface area contributed by atoms with Crippen molar-refractivity contribution in [2.45, 2.75) is 32.6 Å². The molecule has 1 aliphatic rings. The van der Waals surface area contributed by atoms with E-state index in [4.69, 9.17) is 4.74 Å². The molecule has 1 aromatic carbocycles. The normalized spacial score (nSPS) is 13.4. The molecule has 9 nitrogen and oxygen atoms in total. The van der Waals surface area contributed by atoms with Crippen LogP contribution in [0.15, 0.2) is 24.3 Å². The largest absolute Gasteiger partial charge is 0.452 e. The van der Waals surface area contributed by atoms with Crippen LogP contribution in [0.4, 0.5) is 10.5 Å². The number of ether oxygens (including phenoxy) is 1. The number of nitrogens with one attached hydrogen (secondary N) is 2. The van der Waals surface area contributed by atoms with Gasteiger partial charge in [-0.1, -0.05) is 19.4 Å². The zero-order valence-electron chi connectivity index (χ0n) is 14.9. The maximum absolute atomic E-state index is 12.1. The van der Waals surface area contributed by atoms with E-state index in [1.165, 1.54) is 24.3 Å². The van der Waals surface area contributed by atoms with E-state index in [-0.39, 0.29) is 35.9 Å². The third kappa shape index (κ3) is 5.63. The summed E-state index contributed by atoms with van der Waals surface area (Å²) in [6, 6.07) is 5.17. The zero-order chi connectivity index (χ0) is 19.8. The molecule has 144 valence electrons. The van der Waals surface area contributed by atoms with Gasteiger partial charge in [-0.3, -0.25) is 24.6 Å². The van der Waals surface area contributed by atoms with Gasteiger partial charge in [0.2, 0.25) is 11.8 Å². The van der Waals surface area contributed by atoms with Crippen LogP contribution in [0.1, 0.15) is 43.0 Å². The van der Waals surface area contributed by atoms with Crippen molar-refractivity contribution in [1.82, 2.24) is 10.6 Å². The molecule has 1 aromatic rings. The number of benzene rings is 1. The predicted octanol–water partition coefficient (Wildman–Crippen LogP) is 1.12. The molecule has 1 fully saturated rings. The molecule has 0 spiro atoms. The Morgan fingerprint density at radius 2 is 1.85 bits per heavy atom. The van der Waals surface area contributed by atoms with Gasteiger partial charge in [0.1, 0.15) is 0 Å². The van der Waals surface area contributed by atoms with E-state index >= 15 is 0 Å². The molecule has 0 unspecified atom stereocenters. The van der Waals surface area contributed by atoms with Crippen molar-refractivity contribution in [2.24, 2.45) is 0 Å². The van der Waals surface area contributed by atoms with Crippen LogP contribution in [0.3, 0.4) is 0 Å². The van der Waals surface area contributed by atoms with Crippen LogP contribution >= 0.6 is 0 Å². The van der Waals surface area contributed by atoms with Gasteiger partial charge in [0.05, 0.1) is 11.3 Å². The molecule has 0 aromatic heterocycles. The van der Waals surface area contributed by atoms with E-state index in [1.54, 1.807) is 0 Å². The zero-order valence-corrected chi connectivity index (χ0v) is 14.9. The Hall–Kier alpha value is -3.23. The van der Waals surface area contributed by atoms with Crippen LogP contribution in [0.25, 0.3) is 0 Å². The second-order valence-electron chi connectivity index (χ2n) is 5.91. The van der Waals surface area contributed by atoms with Crippen molar-refractivity contribution in [1.29, 1.82) is 0 Å². The quantitative estimate of drug-likeness (QED) is 0.418. The molecule has 1 aliphatic heterocycles. The lowest BCUT2D eigenvalue weighted by atomic mass is 10.2. The summed E-state index contributed by atoms with van der Waals surface area (Å²) in [6.07, 6.45) is 1.95. The van der Waals surface area contributed by atoms with Gasteiger partial charge in [0.15, 0.2) is 6.61 Å². The van der Waals surface area contributed by atoms with Crippen molar-refractivity contribution >= 4 is 35.4 Å². The first-order chi connectivity index (χ1) is 12.9. The fourth-order valence-corrected chi connectivity index (χ4v) is 2.44. The summed E-state index contributed by atoms with van der Waals surface area (Å²) in [6.45, 7) is 1.77. The fraction of sp³-hybridized carbons (Fsp3) is 0.389. The number of urea groups is 1. The number of anilines is 1. The second-order valence-corrected chi connectivity index (χ2v) is 5.91. The number of carbonyl (C=O) groups excluding carboxylic acids is 5. The van der Waals surface area contributed by atoms with Gasteiger partial charge in [-0.15, -0.1) is 0 Å². The molecule has 0 saturated carbocycles. The minimum Gasteiger partial charge on any atom is -0.452 e. The molecule has 2 rings (SSSR count). The number of hydrogen-bond acceptors (Lipinski definition) is 6. The van der Waals surface area contributed by atoms with Crippen molar-refractivity contribution in [3.63, 3.8) is 0 Å². The topological polar surface area (TPSA) is 122 Å². The summed E-state index contributed by atoms with van der Waals surface area (Å²) in [5.74, 6) is -2.24. The number of amides is 5. The Bertz CT molecular complexity index is 745. The van der Waals surface area contributed by atoms with Crippen LogP contribution in [-0.2, 0) is 19.1 Å². The first-order valence-corrected chi connectivity index (χ1v) is 8.63. The first-order valence-electron chi connectivity index (χ1n) is 8.63. The lowest BCUT2D eigenvalue weighted by Gasteiger charge is -2.14. The minimum absolute atomic E-state index is 0.0835. The molecule has 9 heteroatoms. The molecule has 0 atom stereocenters. The van der Waals surface area contributed by atoms with E-state index in [0.29, 0.717) is 6.54 Å². The molecular weight excluding hydrogens is 354 g/mol. The molecule has 1 heterocycles. The SMILES string of the molecule is CCCCNC(=O)NC(=O)COC(=O)c1cccc(N2C(=O)CCC2=O)c1. The van der Waals surface area contributed by atoms with Crippen LogP contribution < -0.4 is 15.5 Å². The average molecular weight is 375 g/mol. The van der Waals surface area contributed by atoms with Gasteiger partial charge in [-0.05, 0) is 24.6 Å². The lowest BCUT2D eigenvalue weighted by Crippen LogP contribution is -2.41.